The van der Waals surface area contributed by atoms with Gasteiger partial charge in [-0.25, -0.2) is 4.79 Å². The molecule has 0 aromatic heterocycles. The molecule has 0 atom stereocenters. The third kappa shape index (κ3) is 3.45. The van der Waals surface area contributed by atoms with Gasteiger partial charge in [-0.1, -0.05) is 0 Å². The molecule has 0 saturated heterocycles. The molecule has 1 aromatic carbocycles. The number of hydrogen-bond donors (Lipinski definition) is 3. The minimum absolute atomic E-state index is 0.152. The SMILES string of the molecule is COC(=O)c1cc(CNCC(=O)O)c(C)c(N)c1C. The second-order valence-corrected chi connectivity index (χ2v) is 4.24. The van der Waals surface area contributed by atoms with Gasteiger partial charge >= 0.3 is 11.9 Å². The molecule has 0 unspecified atom stereocenters. The molecular weight excluding hydrogens is 248 g/mol. The van der Waals surface area contributed by atoms with E-state index in [4.69, 9.17) is 15.6 Å². The van der Waals surface area contributed by atoms with E-state index in [9.17, 15) is 9.59 Å². The summed E-state index contributed by atoms with van der Waals surface area (Å²) in [5.74, 6) is -1.39. The Kier molecular flexibility index (Phi) is 4.88. The van der Waals surface area contributed by atoms with Crippen LogP contribution in [0.3, 0.4) is 0 Å². The van der Waals surface area contributed by atoms with Gasteiger partial charge in [0.2, 0.25) is 0 Å². The van der Waals surface area contributed by atoms with Gasteiger partial charge in [0.15, 0.2) is 0 Å². The fourth-order valence-corrected chi connectivity index (χ4v) is 1.80. The maximum Gasteiger partial charge on any atom is 0.338 e. The van der Waals surface area contributed by atoms with E-state index in [1.807, 2.05) is 6.92 Å². The van der Waals surface area contributed by atoms with Crippen LogP contribution in [0.15, 0.2) is 6.07 Å². The Bertz CT molecular complexity index is 512. The van der Waals surface area contributed by atoms with Crippen molar-refractivity contribution >= 4 is 17.6 Å². The minimum atomic E-state index is -0.939. The fraction of sp³-hybridized carbons (Fsp3) is 0.385. The average molecular weight is 266 g/mol. The van der Waals surface area contributed by atoms with Crippen molar-refractivity contribution in [3.8, 4) is 0 Å². The van der Waals surface area contributed by atoms with E-state index >= 15 is 0 Å². The van der Waals surface area contributed by atoms with E-state index in [0.717, 1.165) is 11.1 Å². The van der Waals surface area contributed by atoms with Gasteiger partial charge in [0.25, 0.3) is 0 Å². The van der Waals surface area contributed by atoms with Crippen molar-refractivity contribution in [3.63, 3.8) is 0 Å². The number of anilines is 1. The lowest BCUT2D eigenvalue weighted by Gasteiger charge is -2.15. The van der Waals surface area contributed by atoms with Crippen LogP contribution in [0, 0.1) is 13.8 Å². The van der Waals surface area contributed by atoms with Gasteiger partial charge in [-0.3, -0.25) is 4.79 Å². The smallest absolute Gasteiger partial charge is 0.338 e. The summed E-state index contributed by atoms with van der Waals surface area (Å²) in [7, 11) is 1.31. The second kappa shape index (κ2) is 6.19. The monoisotopic (exact) mass is 266 g/mol. The summed E-state index contributed by atoms with van der Waals surface area (Å²) in [4.78, 5) is 22.1. The van der Waals surface area contributed by atoms with Gasteiger partial charge in [-0.15, -0.1) is 0 Å². The number of benzene rings is 1. The standard InChI is InChI=1S/C13H18N2O4/c1-7-9(5-15-6-11(16)17)4-10(13(18)19-3)8(2)12(7)14/h4,15H,5-6,14H2,1-3H3,(H,16,17). The van der Waals surface area contributed by atoms with Crippen molar-refractivity contribution in [1.82, 2.24) is 5.32 Å². The van der Waals surface area contributed by atoms with Crippen LogP contribution in [0.1, 0.15) is 27.0 Å². The van der Waals surface area contributed by atoms with E-state index < -0.39 is 11.9 Å². The van der Waals surface area contributed by atoms with Gasteiger partial charge in [-0.2, -0.15) is 0 Å². The third-order valence-electron chi connectivity index (χ3n) is 3.01. The number of aliphatic carboxylic acids is 1. The first-order valence-electron chi connectivity index (χ1n) is 5.77. The molecule has 0 fully saturated rings. The Labute approximate surface area is 111 Å². The molecule has 6 nitrogen and oxygen atoms in total. The number of rotatable bonds is 5. The van der Waals surface area contributed by atoms with Gasteiger partial charge < -0.3 is 20.9 Å². The Morgan fingerprint density at radius 3 is 2.53 bits per heavy atom. The van der Waals surface area contributed by atoms with Crippen LogP contribution in [0.2, 0.25) is 0 Å². The summed E-state index contributed by atoms with van der Waals surface area (Å²) >= 11 is 0. The Morgan fingerprint density at radius 1 is 1.37 bits per heavy atom. The number of hydrogen-bond acceptors (Lipinski definition) is 5. The molecule has 0 spiro atoms. The zero-order valence-corrected chi connectivity index (χ0v) is 11.2. The van der Waals surface area contributed by atoms with E-state index in [1.54, 1.807) is 13.0 Å². The summed E-state index contributed by atoms with van der Waals surface area (Å²) in [6.07, 6.45) is 0. The molecule has 0 aliphatic heterocycles. The molecule has 104 valence electrons. The molecule has 0 radical (unpaired) electrons. The van der Waals surface area contributed by atoms with E-state index in [-0.39, 0.29) is 6.54 Å². The molecule has 19 heavy (non-hydrogen) atoms. The number of methoxy groups -OCH3 is 1. The molecule has 0 bridgehead atoms. The van der Waals surface area contributed by atoms with Crippen LogP contribution in [0.4, 0.5) is 5.69 Å². The average Bonchev–Trinajstić information content (AvgIpc) is 2.37. The Balaban J connectivity index is 3.07. The molecule has 1 aromatic rings. The molecule has 0 amide bonds. The van der Waals surface area contributed by atoms with Crippen molar-refractivity contribution in [2.45, 2.75) is 20.4 Å². The van der Waals surface area contributed by atoms with Gasteiger partial charge in [-0.05, 0) is 36.6 Å². The summed E-state index contributed by atoms with van der Waals surface area (Å²) in [6.45, 7) is 3.76. The number of carbonyl (C=O) groups is 2. The maximum absolute atomic E-state index is 11.6. The quantitative estimate of drug-likeness (QED) is 0.539. The van der Waals surface area contributed by atoms with E-state index in [2.05, 4.69) is 5.32 Å². The van der Waals surface area contributed by atoms with Crippen molar-refractivity contribution in [2.24, 2.45) is 0 Å². The lowest BCUT2D eigenvalue weighted by Crippen LogP contribution is -2.23. The normalized spacial score (nSPS) is 10.3. The number of nitrogens with two attached hydrogens (primary N) is 1. The lowest BCUT2D eigenvalue weighted by molar-refractivity contribution is -0.136. The minimum Gasteiger partial charge on any atom is -0.480 e. The van der Waals surface area contributed by atoms with Gasteiger partial charge in [0, 0.05) is 12.2 Å². The van der Waals surface area contributed by atoms with Crippen LogP contribution in [-0.4, -0.2) is 30.7 Å². The molecule has 0 aliphatic carbocycles. The number of carboxylic acid groups (broad SMARTS) is 1. The zero-order valence-electron chi connectivity index (χ0n) is 11.2. The highest BCUT2D eigenvalue weighted by molar-refractivity contribution is 5.93. The molecule has 0 heterocycles. The molecular formula is C13H18N2O4. The first-order chi connectivity index (χ1) is 8.88. The fourth-order valence-electron chi connectivity index (χ4n) is 1.80. The van der Waals surface area contributed by atoms with Crippen LogP contribution in [-0.2, 0) is 16.1 Å². The predicted octanol–water partition coefficient (Wildman–Crippen LogP) is 0.846. The highest BCUT2D eigenvalue weighted by atomic mass is 16.5. The van der Waals surface area contributed by atoms with Crippen LogP contribution in [0.5, 0.6) is 0 Å². The topological polar surface area (TPSA) is 102 Å². The van der Waals surface area contributed by atoms with Gasteiger partial charge in [0.05, 0.1) is 19.2 Å². The molecule has 0 saturated carbocycles. The number of ether oxygens (including phenoxy) is 1. The number of esters is 1. The van der Waals surface area contributed by atoms with E-state index in [1.165, 1.54) is 7.11 Å². The van der Waals surface area contributed by atoms with Crippen LogP contribution in [0.25, 0.3) is 0 Å². The molecule has 4 N–H and O–H groups in total. The van der Waals surface area contributed by atoms with Crippen LogP contribution >= 0.6 is 0 Å². The number of nitrogen functional groups attached to an aromatic ring is 1. The Morgan fingerprint density at radius 2 is 2.00 bits per heavy atom. The molecule has 6 heteroatoms. The van der Waals surface area contributed by atoms with Crippen molar-refractivity contribution < 1.29 is 19.4 Å². The van der Waals surface area contributed by atoms with Crippen LogP contribution < -0.4 is 11.1 Å². The second-order valence-electron chi connectivity index (χ2n) is 4.24. The number of carboxylic acids is 1. The van der Waals surface area contributed by atoms with Crippen molar-refractivity contribution in [1.29, 1.82) is 0 Å². The third-order valence-corrected chi connectivity index (χ3v) is 3.01. The molecule has 0 aliphatic rings. The number of nitrogens with one attached hydrogen (secondary N) is 1. The largest absolute Gasteiger partial charge is 0.480 e. The maximum atomic E-state index is 11.6. The summed E-state index contributed by atoms with van der Waals surface area (Å²) in [6, 6.07) is 1.68. The predicted molar refractivity (Wildman–Crippen MR) is 71.0 cm³/mol. The van der Waals surface area contributed by atoms with Crippen molar-refractivity contribution in [3.05, 3.63) is 28.3 Å². The first kappa shape index (κ1) is 15.0. The number of carbonyl (C=O) groups excluding carboxylic acids is 1. The lowest BCUT2D eigenvalue weighted by atomic mass is 9.97. The van der Waals surface area contributed by atoms with Gasteiger partial charge in [0.1, 0.15) is 0 Å². The summed E-state index contributed by atoms with van der Waals surface area (Å²) in [5.41, 5.74) is 9.17. The highest BCUT2D eigenvalue weighted by Gasteiger charge is 2.16. The van der Waals surface area contributed by atoms with E-state index in [0.29, 0.717) is 23.4 Å². The molecule has 1 rings (SSSR count). The summed E-state index contributed by atoms with van der Waals surface area (Å²) < 4.78 is 4.70. The Hall–Kier alpha value is -2.08. The summed E-state index contributed by atoms with van der Waals surface area (Å²) in [5, 5.41) is 11.3. The highest BCUT2D eigenvalue weighted by Crippen LogP contribution is 2.25. The van der Waals surface area contributed by atoms with Crippen molar-refractivity contribution in [2.75, 3.05) is 19.4 Å². The zero-order chi connectivity index (χ0) is 14.6. The first-order valence-corrected chi connectivity index (χ1v) is 5.77.